The predicted octanol–water partition coefficient (Wildman–Crippen LogP) is -1.08. The second-order valence-electron chi connectivity index (χ2n) is 3.43. The lowest BCUT2D eigenvalue weighted by atomic mass is 10.0. The maximum atomic E-state index is 5.71. The molecule has 2 fully saturated rings. The van der Waals surface area contributed by atoms with Crippen LogP contribution in [-0.4, -0.2) is 43.4 Å². The molecular formula is C7H15N3O. The van der Waals surface area contributed by atoms with Crippen LogP contribution >= 0.6 is 0 Å². The number of rotatable bonds is 0. The third-order valence-electron chi connectivity index (χ3n) is 2.48. The van der Waals surface area contributed by atoms with Gasteiger partial charge in [0.1, 0.15) is 0 Å². The highest BCUT2D eigenvalue weighted by molar-refractivity contribution is 4.93. The van der Waals surface area contributed by atoms with Gasteiger partial charge in [-0.3, -0.25) is 5.84 Å². The van der Waals surface area contributed by atoms with Gasteiger partial charge in [-0.1, -0.05) is 0 Å². The molecule has 0 aromatic rings. The maximum Gasteiger partial charge on any atom is 0.0958 e. The van der Waals surface area contributed by atoms with Crippen molar-refractivity contribution in [3.05, 3.63) is 0 Å². The Morgan fingerprint density at radius 2 is 2.45 bits per heavy atom. The first-order chi connectivity index (χ1) is 5.31. The standard InChI is InChI=1S/C7H15N3O/c8-10-3-4-11-7(6-10)1-2-9-5-7/h9H,1-6,8H2. The predicted molar refractivity (Wildman–Crippen MR) is 41.9 cm³/mol. The fourth-order valence-electron chi connectivity index (χ4n) is 1.85. The Morgan fingerprint density at radius 1 is 1.55 bits per heavy atom. The topological polar surface area (TPSA) is 50.5 Å². The van der Waals surface area contributed by atoms with E-state index in [2.05, 4.69) is 5.32 Å². The summed E-state index contributed by atoms with van der Waals surface area (Å²) in [7, 11) is 0. The first-order valence-corrected chi connectivity index (χ1v) is 4.15. The molecule has 1 spiro atoms. The summed E-state index contributed by atoms with van der Waals surface area (Å²) in [5.74, 6) is 5.71. The minimum absolute atomic E-state index is 0.0347. The third kappa shape index (κ3) is 1.39. The third-order valence-corrected chi connectivity index (χ3v) is 2.48. The van der Waals surface area contributed by atoms with Crippen LogP contribution in [0.1, 0.15) is 6.42 Å². The summed E-state index contributed by atoms with van der Waals surface area (Å²) in [6, 6.07) is 0. The van der Waals surface area contributed by atoms with E-state index < -0.39 is 0 Å². The Labute approximate surface area is 66.7 Å². The minimum atomic E-state index is 0.0347. The lowest BCUT2D eigenvalue weighted by molar-refractivity contribution is -0.0967. The smallest absolute Gasteiger partial charge is 0.0958 e. The molecule has 2 heterocycles. The van der Waals surface area contributed by atoms with E-state index in [1.165, 1.54) is 0 Å². The Morgan fingerprint density at radius 3 is 3.09 bits per heavy atom. The van der Waals surface area contributed by atoms with Gasteiger partial charge in [0.05, 0.1) is 12.2 Å². The summed E-state index contributed by atoms with van der Waals surface area (Å²) in [6.45, 7) is 4.54. The van der Waals surface area contributed by atoms with Crippen molar-refractivity contribution in [2.24, 2.45) is 5.84 Å². The second-order valence-corrected chi connectivity index (χ2v) is 3.43. The van der Waals surface area contributed by atoms with Gasteiger partial charge in [-0.05, 0) is 13.0 Å². The molecule has 4 nitrogen and oxygen atoms in total. The van der Waals surface area contributed by atoms with Crippen molar-refractivity contribution >= 4 is 0 Å². The highest BCUT2D eigenvalue weighted by Crippen LogP contribution is 2.22. The van der Waals surface area contributed by atoms with Crippen molar-refractivity contribution in [2.45, 2.75) is 12.0 Å². The first kappa shape index (κ1) is 7.49. The Kier molecular flexibility index (Phi) is 1.85. The molecule has 0 aromatic carbocycles. The molecule has 1 unspecified atom stereocenters. The molecule has 64 valence electrons. The van der Waals surface area contributed by atoms with Crippen LogP contribution in [0.4, 0.5) is 0 Å². The molecule has 0 aromatic heterocycles. The van der Waals surface area contributed by atoms with Gasteiger partial charge in [0.15, 0.2) is 0 Å². The number of nitrogens with zero attached hydrogens (tertiary/aromatic N) is 1. The average molecular weight is 157 g/mol. The molecule has 0 saturated carbocycles. The molecule has 2 saturated heterocycles. The molecule has 11 heavy (non-hydrogen) atoms. The molecule has 0 radical (unpaired) electrons. The number of morpholine rings is 1. The molecule has 0 amide bonds. The SMILES string of the molecule is NN1CCOC2(CCNC2)C1. The second kappa shape index (κ2) is 2.71. The van der Waals surface area contributed by atoms with Gasteiger partial charge in [0, 0.05) is 19.6 Å². The Bertz CT molecular complexity index is 145. The van der Waals surface area contributed by atoms with Crippen molar-refractivity contribution in [1.29, 1.82) is 0 Å². The average Bonchev–Trinajstić information content (AvgIpc) is 2.37. The summed E-state index contributed by atoms with van der Waals surface area (Å²) in [6.07, 6.45) is 1.10. The molecule has 0 aliphatic carbocycles. The van der Waals surface area contributed by atoms with E-state index in [0.29, 0.717) is 0 Å². The van der Waals surface area contributed by atoms with E-state index in [9.17, 15) is 0 Å². The highest BCUT2D eigenvalue weighted by Gasteiger charge is 2.38. The molecule has 4 heteroatoms. The highest BCUT2D eigenvalue weighted by atomic mass is 16.5. The van der Waals surface area contributed by atoms with Crippen LogP contribution in [0.3, 0.4) is 0 Å². The van der Waals surface area contributed by atoms with Gasteiger partial charge in [0.25, 0.3) is 0 Å². The first-order valence-electron chi connectivity index (χ1n) is 4.15. The number of hydrogen-bond acceptors (Lipinski definition) is 4. The van der Waals surface area contributed by atoms with Crippen LogP contribution in [0, 0.1) is 0 Å². The zero-order chi connectivity index (χ0) is 7.73. The van der Waals surface area contributed by atoms with Crippen LogP contribution in [0.25, 0.3) is 0 Å². The Hall–Kier alpha value is -0.160. The number of hydrogen-bond donors (Lipinski definition) is 2. The minimum Gasteiger partial charge on any atom is -0.371 e. The molecule has 2 aliphatic rings. The fourth-order valence-corrected chi connectivity index (χ4v) is 1.85. The molecule has 1 atom stereocenters. The van der Waals surface area contributed by atoms with Gasteiger partial charge in [0.2, 0.25) is 0 Å². The van der Waals surface area contributed by atoms with Crippen molar-refractivity contribution in [3.63, 3.8) is 0 Å². The van der Waals surface area contributed by atoms with E-state index in [1.807, 2.05) is 5.01 Å². The number of nitrogens with one attached hydrogen (secondary N) is 1. The molecule has 0 bridgehead atoms. The van der Waals surface area contributed by atoms with Crippen LogP contribution < -0.4 is 11.2 Å². The summed E-state index contributed by atoms with van der Waals surface area (Å²) < 4.78 is 5.71. The van der Waals surface area contributed by atoms with Crippen molar-refractivity contribution < 1.29 is 4.74 Å². The van der Waals surface area contributed by atoms with E-state index in [1.54, 1.807) is 0 Å². The summed E-state index contributed by atoms with van der Waals surface area (Å²) >= 11 is 0. The largest absolute Gasteiger partial charge is 0.371 e. The normalized spacial score (nSPS) is 40.1. The molecule has 3 N–H and O–H groups in total. The van der Waals surface area contributed by atoms with E-state index in [0.717, 1.165) is 39.2 Å². The number of hydrazine groups is 1. The van der Waals surface area contributed by atoms with Crippen LogP contribution in [0.2, 0.25) is 0 Å². The molecular weight excluding hydrogens is 142 g/mol. The summed E-state index contributed by atoms with van der Waals surface area (Å²) in [5.41, 5.74) is 0.0347. The van der Waals surface area contributed by atoms with E-state index in [4.69, 9.17) is 10.6 Å². The van der Waals surface area contributed by atoms with Crippen LogP contribution in [0.15, 0.2) is 0 Å². The quantitative estimate of drug-likeness (QED) is 0.439. The monoisotopic (exact) mass is 157 g/mol. The molecule has 2 rings (SSSR count). The zero-order valence-electron chi connectivity index (χ0n) is 6.68. The van der Waals surface area contributed by atoms with E-state index in [-0.39, 0.29) is 5.60 Å². The van der Waals surface area contributed by atoms with Gasteiger partial charge >= 0.3 is 0 Å². The lowest BCUT2D eigenvalue weighted by Crippen LogP contribution is -2.55. The van der Waals surface area contributed by atoms with Gasteiger partial charge in [-0.25, -0.2) is 5.01 Å². The van der Waals surface area contributed by atoms with Gasteiger partial charge in [-0.15, -0.1) is 0 Å². The molecule has 2 aliphatic heterocycles. The maximum absolute atomic E-state index is 5.71. The van der Waals surface area contributed by atoms with Crippen molar-refractivity contribution in [2.75, 3.05) is 32.8 Å². The zero-order valence-corrected chi connectivity index (χ0v) is 6.68. The lowest BCUT2D eigenvalue weighted by Gasteiger charge is -2.37. The summed E-state index contributed by atoms with van der Waals surface area (Å²) in [5, 5.41) is 5.15. The number of ether oxygens (including phenoxy) is 1. The van der Waals surface area contributed by atoms with Crippen molar-refractivity contribution in [3.8, 4) is 0 Å². The fraction of sp³-hybridized carbons (Fsp3) is 1.00. The van der Waals surface area contributed by atoms with Crippen LogP contribution in [-0.2, 0) is 4.74 Å². The van der Waals surface area contributed by atoms with E-state index >= 15 is 0 Å². The summed E-state index contributed by atoms with van der Waals surface area (Å²) in [4.78, 5) is 0. The van der Waals surface area contributed by atoms with Crippen LogP contribution in [0.5, 0.6) is 0 Å². The Balaban J connectivity index is 2.00. The number of nitrogens with two attached hydrogens (primary N) is 1. The van der Waals surface area contributed by atoms with Gasteiger partial charge in [-0.2, -0.15) is 0 Å². The van der Waals surface area contributed by atoms with Crippen molar-refractivity contribution in [1.82, 2.24) is 10.3 Å². The van der Waals surface area contributed by atoms with Gasteiger partial charge < -0.3 is 10.1 Å².